The van der Waals surface area contributed by atoms with Gasteiger partial charge in [0.25, 0.3) is 0 Å². The fourth-order valence-corrected chi connectivity index (χ4v) is 2.41. The lowest BCUT2D eigenvalue weighted by Crippen LogP contribution is -2.18. The summed E-state index contributed by atoms with van der Waals surface area (Å²) in [4.78, 5) is 6.71. The summed E-state index contributed by atoms with van der Waals surface area (Å²) in [6.45, 7) is 7.21. The zero-order chi connectivity index (χ0) is 13.1. The van der Waals surface area contributed by atoms with E-state index in [9.17, 15) is 0 Å². The Morgan fingerprint density at radius 3 is 2.67 bits per heavy atom. The number of hydrogen-bond acceptors (Lipinski definition) is 2. The zero-order valence-corrected chi connectivity index (χ0v) is 12.5. The number of benzene rings is 1. The van der Waals surface area contributed by atoms with E-state index in [0.29, 0.717) is 0 Å². The quantitative estimate of drug-likeness (QED) is 0.822. The molecular formula is C15H17BrN2. The molecule has 0 radical (unpaired) electrons. The van der Waals surface area contributed by atoms with Gasteiger partial charge in [0.15, 0.2) is 0 Å². The number of aryl methyl sites for hydroxylation is 2. The average molecular weight is 305 g/mol. The molecule has 0 saturated heterocycles. The van der Waals surface area contributed by atoms with Crippen LogP contribution in [0.1, 0.15) is 18.1 Å². The smallest absolute Gasteiger partial charge is 0.147 e. The minimum Gasteiger partial charge on any atom is -0.326 e. The van der Waals surface area contributed by atoms with Crippen molar-refractivity contribution < 1.29 is 0 Å². The maximum atomic E-state index is 4.50. The Hall–Kier alpha value is -1.35. The van der Waals surface area contributed by atoms with Gasteiger partial charge in [0.05, 0.1) is 4.47 Å². The second-order valence-corrected chi connectivity index (χ2v) is 5.14. The lowest BCUT2D eigenvalue weighted by molar-refractivity contribution is 0.979. The lowest BCUT2D eigenvalue weighted by atomic mass is 10.2. The minimum atomic E-state index is 0.887. The Morgan fingerprint density at radius 1 is 1.22 bits per heavy atom. The summed E-state index contributed by atoms with van der Waals surface area (Å²) < 4.78 is 1.06. The highest BCUT2D eigenvalue weighted by molar-refractivity contribution is 9.10. The zero-order valence-electron chi connectivity index (χ0n) is 10.9. The van der Waals surface area contributed by atoms with Gasteiger partial charge in [-0.25, -0.2) is 4.98 Å². The molecule has 0 atom stereocenters. The number of halogens is 1. The molecule has 1 heterocycles. The molecule has 0 spiro atoms. The Bertz CT molecular complexity index is 552. The topological polar surface area (TPSA) is 16.1 Å². The van der Waals surface area contributed by atoms with Crippen LogP contribution in [0.15, 0.2) is 41.0 Å². The molecule has 0 unspecified atom stereocenters. The largest absolute Gasteiger partial charge is 0.326 e. The van der Waals surface area contributed by atoms with Crippen LogP contribution < -0.4 is 4.90 Å². The van der Waals surface area contributed by atoms with E-state index in [1.807, 2.05) is 12.3 Å². The van der Waals surface area contributed by atoms with E-state index >= 15 is 0 Å². The fraction of sp³-hybridized carbons (Fsp3) is 0.267. The SMILES string of the molecule is CCN(c1cccc(C)c1)c1nccc(C)c1Br. The summed E-state index contributed by atoms with van der Waals surface area (Å²) in [6.07, 6.45) is 1.86. The van der Waals surface area contributed by atoms with Crippen molar-refractivity contribution in [1.29, 1.82) is 0 Å². The van der Waals surface area contributed by atoms with Crippen molar-refractivity contribution in [2.45, 2.75) is 20.8 Å². The first-order valence-corrected chi connectivity index (χ1v) is 6.88. The molecule has 0 fully saturated rings. The van der Waals surface area contributed by atoms with Crippen molar-refractivity contribution >= 4 is 27.4 Å². The molecule has 1 aromatic carbocycles. The summed E-state index contributed by atoms with van der Waals surface area (Å²) in [6, 6.07) is 10.5. The van der Waals surface area contributed by atoms with E-state index in [1.54, 1.807) is 0 Å². The molecule has 1 aromatic heterocycles. The third-order valence-corrected chi connectivity index (χ3v) is 3.93. The van der Waals surface area contributed by atoms with Crippen LogP contribution in [0.25, 0.3) is 0 Å². The molecule has 0 amide bonds. The van der Waals surface area contributed by atoms with Gasteiger partial charge < -0.3 is 4.90 Å². The lowest BCUT2D eigenvalue weighted by Gasteiger charge is -2.24. The second-order valence-electron chi connectivity index (χ2n) is 4.35. The normalized spacial score (nSPS) is 10.4. The fourth-order valence-electron chi connectivity index (χ4n) is 1.96. The van der Waals surface area contributed by atoms with Gasteiger partial charge in [-0.2, -0.15) is 0 Å². The third kappa shape index (κ3) is 2.56. The Morgan fingerprint density at radius 2 is 2.00 bits per heavy atom. The van der Waals surface area contributed by atoms with Crippen LogP contribution >= 0.6 is 15.9 Å². The van der Waals surface area contributed by atoms with Crippen molar-refractivity contribution in [2.75, 3.05) is 11.4 Å². The van der Waals surface area contributed by atoms with Crippen LogP contribution in [-0.4, -0.2) is 11.5 Å². The van der Waals surface area contributed by atoms with E-state index in [2.05, 4.69) is 70.9 Å². The molecule has 2 aromatic rings. The van der Waals surface area contributed by atoms with E-state index in [0.717, 1.165) is 16.8 Å². The molecule has 3 heteroatoms. The monoisotopic (exact) mass is 304 g/mol. The average Bonchev–Trinajstić information content (AvgIpc) is 2.35. The summed E-state index contributed by atoms with van der Waals surface area (Å²) in [5.41, 5.74) is 3.64. The molecule has 0 saturated carbocycles. The van der Waals surface area contributed by atoms with Gasteiger partial charge in [-0.3, -0.25) is 0 Å². The summed E-state index contributed by atoms with van der Waals surface area (Å²) in [7, 11) is 0. The van der Waals surface area contributed by atoms with Gasteiger partial charge in [-0.05, 0) is 66.0 Å². The van der Waals surface area contributed by atoms with Gasteiger partial charge in [0, 0.05) is 18.4 Å². The van der Waals surface area contributed by atoms with Crippen molar-refractivity contribution in [3.05, 3.63) is 52.1 Å². The molecule has 0 aliphatic carbocycles. The molecule has 0 N–H and O–H groups in total. The van der Waals surface area contributed by atoms with Crippen LogP contribution in [0.2, 0.25) is 0 Å². The predicted octanol–water partition coefficient (Wildman–Crippen LogP) is 4.62. The number of nitrogens with zero attached hydrogens (tertiary/aromatic N) is 2. The highest BCUT2D eigenvalue weighted by Gasteiger charge is 2.13. The molecule has 94 valence electrons. The van der Waals surface area contributed by atoms with Crippen molar-refractivity contribution in [3.8, 4) is 0 Å². The molecule has 0 bridgehead atoms. The van der Waals surface area contributed by atoms with Gasteiger partial charge in [0.2, 0.25) is 0 Å². The van der Waals surface area contributed by atoms with Gasteiger partial charge in [0.1, 0.15) is 5.82 Å². The van der Waals surface area contributed by atoms with Gasteiger partial charge in [-0.1, -0.05) is 12.1 Å². The Labute approximate surface area is 117 Å². The van der Waals surface area contributed by atoms with Crippen LogP contribution in [0.5, 0.6) is 0 Å². The molecule has 2 rings (SSSR count). The molecule has 0 aliphatic rings. The molecule has 2 nitrogen and oxygen atoms in total. The maximum absolute atomic E-state index is 4.50. The van der Waals surface area contributed by atoms with Gasteiger partial charge in [-0.15, -0.1) is 0 Å². The van der Waals surface area contributed by atoms with Crippen LogP contribution in [0, 0.1) is 13.8 Å². The number of anilines is 2. The highest BCUT2D eigenvalue weighted by Crippen LogP contribution is 2.32. The standard InChI is InChI=1S/C15H17BrN2/c1-4-18(13-7-5-6-11(2)10-13)15-14(16)12(3)8-9-17-15/h5-10H,4H2,1-3H3. The van der Waals surface area contributed by atoms with Crippen molar-refractivity contribution in [1.82, 2.24) is 4.98 Å². The molecular weight excluding hydrogens is 288 g/mol. The first-order chi connectivity index (χ1) is 8.63. The first kappa shape index (κ1) is 13.1. The van der Waals surface area contributed by atoms with Crippen molar-refractivity contribution in [2.24, 2.45) is 0 Å². The van der Waals surface area contributed by atoms with Crippen LogP contribution in [0.3, 0.4) is 0 Å². The molecule has 0 aliphatic heterocycles. The number of rotatable bonds is 3. The van der Waals surface area contributed by atoms with Crippen LogP contribution in [0.4, 0.5) is 11.5 Å². The highest BCUT2D eigenvalue weighted by atomic mass is 79.9. The Kier molecular flexibility index (Phi) is 4.02. The number of hydrogen-bond donors (Lipinski definition) is 0. The van der Waals surface area contributed by atoms with Gasteiger partial charge >= 0.3 is 0 Å². The maximum Gasteiger partial charge on any atom is 0.147 e. The van der Waals surface area contributed by atoms with E-state index in [-0.39, 0.29) is 0 Å². The number of aromatic nitrogens is 1. The van der Waals surface area contributed by atoms with Crippen molar-refractivity contribution in [3.63, 3.8) is 0 Å². The first-order valence-electron chi connectivity index (χ1n) is 6.08. The second kappa shape index (κ2) is 5.53. The molecule has 18 heavy (non-hydrogen) atoms. The van der Waals surface area contributed by atoms with Crippen LogP contribution in [-0.2, 0) is 0 Å². The number of pyridine rings is 1. The predicted molar refractivity (Wildman–Crippen MR) is 80.5 cm³/mol. The summed E-state index contributed by atoms with van der Waals surface area (Å²) in [5, 5.41) is 0. The summed E-state index contributed by atoms with van der Waals surface area (Å²) >= 11 is 3.63. The minimum absolute atomic E-state index is 0.887. The Balaban J connectivity index is 2.49. The van der Waals surface area contributed by atoms with E-state index in [4.69, 9.17) is 0 Å². The third-order valence-electron chi connectivity index (χ3n) is 2.95. The van der Waals surface area contributed by atoms with E-state index in [1.165, 1.54) is 16.8 Å². The van der Waals surface area contributed by atoms with E-state index < -0.39 is 0 Å². The summed E-state index contributed by atoms with van der Waals surface area (Å²) in [5.74, 6) is 0.975.